The highest BCUT2D eigenvalue weighted by atomic mass is 16.5. The Balaban J connectivity index is 2.43. The summed E-state index contributed by atoms with van der Waals surface area (Å²) in [6.07, 6.45) is 1.72. The number of carbonyl (C=O) groups is 1. The Morgan fingerprint density at radius 2 is 1.80 bits per heavy atom. The van der Waals surface area contributed by atoms with Crippen molar-refractivity contribution in [2.75, 3.05) is 27.2 Å². The highest BCUT2D eigenvalue weighted by Crippen LogP contribution is 2.38. The van der Waals surface area contributed by atoms with E-state index in [1.165, 1.54) is 0 Å². The fraction of sp³-hybridized carbons (Fsp3) is 0.737. The van der Waals surface area contributed by atoms with Gasteiger partial charge >= 0.3 is 0 Å². The lowest BCUT2D eigenvalue weighted by molar-refractivity contribution is -0.138. The minimum atomic E-state index is -0.260. The Hall–Kier alpha value is -1.69. The van der Waals surface area contributed by atoms with Gasteiger partial charge in [-0.3, -0.25) is 9.69 Å². The molecule has 6 nitrogen and oxygen atoms in total. The molecule has 0 bridgehead atoms. The summed E-state index contributed by atoms with van der Waals surface area (Å²) in [4.78, 5) is 21.2. The quantitative estimate of drug-likeness (QED) is 0.706. The minimum Gasteiger partial charge on any atom is -0.338 e. The zero-order chi connectivity index (χ0) is 18.9. The van der Waals surface area contributed by atoms with Crippen molar-refractivity contribution in [3.8, 4) is 0 Å². The summed E-state index contributed by atoms with van der Waals surface area (Å²) in [5, 5.41) is 0. The van der Waals surface area contributed by atoms with Crippen molar-refractivity contribution in [1.29, 1.82) is 0 Å². The lowest BCUT2D eigenvalue weighted by Gasteiger charge is -2.38. The van der Waals surface area contributed by atoms with Gasteiger partial charge in [0.05, 0.1) is 6.10 Å². The van der Waals surface area contributed by atoms with E-state index in [1.54, 1.807) is 4.90 Å². The van der Waals surface area contributed by atoms with E-state index < -0.39 is 0 Å². The molecule has 2 rings (SSSR count). The van der Waals surface area contributed by atoms with E-state index in [0.29, 0.717) is 12.5 Å². The summed E-state index contributed by atoms with van der Waals surface area (Å²) in [7, 11) is 3.96. The standard InChI is InChI=1S/C19H34N4O2/c1-9-11-22-15(6)20(7)17-16(18(22)24)23(12-10-13(2)3)19(21(17)8)25-14(4)5/h13-14,19H,6,9-12H2,1-5,7-8H3. The average Bonchev–Trinajstić information content (AvgIpc) is 2.79. The second-order valence-electron chi connectivity index (χ2n) is 7.60. The van der Waals surface area contributed by atoms with Gasteiger partial charge in [0, 0.05) is 27.2 Å². The van der Waals surface area contributed by atoms with Gasteiger partial charge in [0.1, 0.15) is 17.3 Å². The van der Waals surface area contributed by atoms with E-state index >= 15 is 0 Å². The Bertz CT molecular complexity index is 556. The van der Waals surface area contributed by atoms with Gasteiger partial charge in [-0.05, 0) is 32.6 Å². The third kappa shape index (κ3) is 3.64. The maximum Gasteiger partial charge on any atom is 0.279 e. The maximum absolute atomic E-state index is 13.2. The molecule has 1 amide bonds. The normalized spacial score (nSPS) is 21.4. The van der Waals surface area contributed by atoms with Crippen LogP contribution >= 0.6 is 0 Å². The number of carbonyl (C=O) groups excluding carboxylic acids is 1. The van der Waals surface area contributed by atoms with Crippen molar-refractivity contribution >= 4 is 5.91 Å². The summed E-state index contributed by atoms with van der Waals surface area (Å²) in [6, 6.07) is 0. The van der Waals surface area contributed by atoms with Crippen molar-refractivity contribution < 1.29 is 9.53 Å². The molecule has 2 heterocycles. The smallest absolute Gasteiger partial charge is 0.279 e. The Kier molecular flexibility index (Phi) is 6.03. The molecule has 0 fully saturated rings. The Morgan fingerprint density at radius 3 is 2.32 bits per heavy atom. The fourth-order valence-electron chi connectivity index (χ4n) is 3.36. The maximum atomic E-state index is 13.2. The van der Waals surface area contributed by atoms with E-state index in [2.05, 4.69) is 37.1 Å². The Morgan fingerprint density at radius 1 is 1.16 bits per heavy atom. The molecule has 2 aliphatic rings. The summed E-state index contributed by atoms with van der Waals surface area (Å²) in [5.41, 5.74) is 0.733. The lowest BCUT2D eigenvalue weighted by Crippen LogP contribution is -2.46. The van der Waals surface area contributed by atoms with E-state index in [1.807, 2.05) is 32.8 Å². The minimum absolute atomic E-state index is 0.0328. The number of amides is 1. The van der Waals surface area contributed by atoms with Gasteiger partial charge in [-0.15, -0.1) is 0 Å². The molecule has 0 aromatic carbocycles. The van der Waals surface area contributed by atoms with Gasteiger partial charge < -0.3 is 19.4 Å². The first-order valence-corrected chi connectivity index (χ1v) is 9.34. The van der Waals surface area contributed by atoms with Crippen LogP contribution in [0.2, 0.25) is 0 Å². The SMILES string of the molecule is C=C1N(C)C2=C(C(=O)N1CCC)N(CCC(C)C)C(OC(C)C)N2C. The molecular formula is C19H34N4O2. The van der Waals surface area contributed by atoms with Crippen molar-refractivity contribution in [2.45, 2.75) is 59.9 Å². The second kappa shape index (κ2) is 7.68. The van der Waals surface area contributed by atoms with Crippen LogP contribution in [0.25, 0.3) is 0 Å². The largest absolute Gasteiger partial charge is 0.338 e. The van der Waals surface area contributed by atoms with Gasteiger partial charge in [-0.25, -0.2) is 0 Å². The topological polar surface area (TPSA) is 39.3 Å². The van der Waals surface area contributed by atoms with E-state index in [0.717, 1.165) is 36.7 Å². The molecule has 0 aliphatic carbocycles. The van der Waals surface area contributed by atoms with Gasteiger partial charge in [-0.1, -0.05) is 27.4 Å². The third-order valence-corrected chi connectivity index (χ3v) is 4.68. The molecule has 0 saturated heterocycles. The number of hydrogen-bond donors (Lipinski definition) is 0. The second-order valence-corrected chi connectivity index (χ2v) is 7.60. The van der Waals surface area contributed by atoms with Crippen LogP contribution in [0.15, 0.2) is 23.9 Å². The number of hydrogen-bond acceptors (Lipinski definition) is 5. The highest BCUT2D eigenvalue weighted by molar-refractivity contribution is 5.96. The first-order chi connectivity index (χ1) is 11.7. The molecule has 2 aliphatic heterocycles. The molecular weight excluding hydrogens is 316 g/mol. The van der Waals surface area contributed by atoms with Crippen LogP contribution in [0, 0.1) is 5.92 Å². The van der Waals surface area contributed by atoms with Crippen molar-refractivity contribution in [1.82, 2.24) is 19.6 Å². The molecule has 0 saturated carbocycles. The molecule has 0 N–H and O–H groups in total. The first kappa shape index (κ1) is 19.6. The van der Waals surface area contributed by atoms with Crippen LogP contribution in [-0.2, 0) is 9.53 Å². The first-order valence-electron chi connectivity index (χ1n) is 9.34. The molecule has 142 valence electrons. The van der Waals surface area contributed by atoms with Gasteiger partial charge in [-0.2, -0.15) is 0 Å². The molecule has 0 spiro atoms. The molecule has 6 heteroatoms. The van der Waals surface area contributed by atoms with E-state index in [-0.39, 0.29) is 18.4 Å². The molecule has 1 atom stereocenters. The molecule has 0 aromatic rings. The number of rotatable bonds is 7. The fourth-order valence-corrected chi connectivity index (χ4v) is 3.36. The van der Waals surface area contributed by atoms with Gasteiger partial charge in [0.15, 0.2) is 0 Å². The predicted octanol–water partition coefficient (Wildman–Crippen LogP) is 2.81. The molecule has 25 heavy (non-hydrogen) atoms. The number of nitrogens with zero attached hydrogens (tertiary/aromatic N) is 4. The van der Waals surface area contributed by atoms with Crippen LogP contribution in [0.5, 0.6) is 0 Å². The summed E-state index contributed by atoms with van der Waals surface area (Å²) in [6.45, 7) is 16.1. The molecule has 1 unspecified atom stereocenters. The Labute approximate surface area is 152 Å². The summed E-state index contributed by atoms with van der Waals surface area (Å²) >= 11 is 0. The third-order valence-electron chi connectivity index (χ3n) is 4.68. The monoisotopic (exact) mass is 350 g/mol. The zero-order valence-electron chi connectivity index (χ0n) is 16.9. The lowest BCUT2D eigenvalue weighted by atomic mass is 10.1. The van der Waals surface area contributed by atoms with Crippen molar-refractivity contribution in [3.05, 3.63) is 23.9 Å². The predicted molar refractivity (Wildman–Crippen MR) is 99.9 cm³/mol. The van der Waals surface area contributed by atoms with Crippen LogP contribution in [0.3, 0.4) is 0 Å². The summed E-state index contributed by atoms with van der Waals surface area (Å²) in [5.74, 6) is 2.21. The van der Waals surface area contributed by atoms with Gasteiger partial charge in [0.2, 0.25) is 6.35 Å². The van der Waals surface area contributed by atoms with Crippen molar-refractivity contribution in [3.63, 3.8) is 0 Å². The van der Waals surface area contributed by atoms with Crippen LogP contribution in [0.1, 0.15) is 47.5 Å². The highest BCUT2D eigenvalue weighted by Gasteiger charge is 2.47. The molecule has 0 radical (unpaired) electrons. The van der Waals surface area contributed by atoms with E-state index in [4.69, 9.17) is 4.74 Å². The van der Waals surface area contributed by atoms with Crippen LogP contribution in [-0.4, -0.2) is 65.1 Å². The molecule has 0 aromatic heterocycles. The number of ether oxygens (including phenoxy) is 1. The van der Waals surface area contributed by atoms with Crippen LogP contribution in [0.4, 0.5) is 0 Å². The zero-order valence-corrected chi connectivity index (χ0v) is 16.9. The van der Waals surface area contributed by atoms with Crippen LogP contribution < -0.4 is 0 Å². The summed E-state index contributed by atoms with van der Waals surface area (Å²) < 4.78 is 6.17. The van der Waals surface area contributed by atoms with Gasteiger partial charge in [0.25, 0.3) is 5.91 Å². The van der Waals surface area contributed by atoms with E-state index in [9.17, 15) is 4.79 Å². The van der Waals surface area contributed by atoms with Crippen molar-refractivity contribution in [2.24, 2.45) is 5.92 Å². The average molecular weight is 351 g/mol.